The molecule has 0 radical (unpaired) electrons. The van der Waals surface area contributed by atoms with Crippen LogP contribution in [0, 0.1) is 0 Å². The minimum atomic E-state index is 0. The summed E-state index contributed by atoms with van der Waals surface area (Å²) in [5, 5.41) is 0. The van der Waals surface area contributed by atoms with Gasteiger partial charge < -0.3 is 4.90 Å². The quantitative estimate of drug-likeness (QED) is 0.629. The number of hydrogen-bond donors (Lipinski definition) is 0. The molecule has 1 saturated heterocycles. The number of likely N-dealkylation sites (tertiary alicyclic amines) is 1. The molecule has 0 aromatic rings. The maximum Gasteiger partial charge on any atom is 0.0174 e. The van der Waals surface area contributed by atoms with Crippen molar-refractivity contribution in [3.05, 3.63) is 11.8 Å². The second kappa shape index (κ2) is 5.54. The molecule has 0 bridgehead atoms. The number of piperidine rings is 1. The van der Waals surface area contributed by atoms with Gasteiger partial charge in [-0.2, -0.15) is 0 Å². The average molecular weight is 202 g/mol. The molecule has 0 amide bonds. The third-order valence-electron chi connectivity index (χ3n) is 3.03. The van der Waals surface area contributed by atoms with Gasteiger partial charge in [0.05, 0.1) is 0 Å². The van der Waals surface area contributed by atoms with Gasteiger partial charge in [-0.15, -0.1) is 12.4 Å². The van der Waals surface area contributed by atoms with Crippen LogP contribution < -0.4 is 0 Å². The van der Waals surface area contributed by atoms with Gasteiger partial charge in [0.2, 0.25) is 0 Å². The summed E-state index contributed by atoms with van der Waals surface area (Å²) in [6.07, 6.45) is 12.2. The lowest BCUT2D eigenvalue weighted by molar-refractivity contribution is 0.270. The lowest BCUT2D eigenvalue weighted by Gasteiger charge is -2.32. The molecule has 0 aromatic carbocycles. The van der Waals surface area contributed by atoms with Gasteiger partial charge in [-0.05, 0) is 44.9 Å². The van der Waals surface area contributed by atoms with Gasteiger partial charge in [0.25, 0.3) is 0 Å². The normalized spacial score (nSPS) is 23.4. The van der Waals surface area contributed by atoms with Crippen molar-refractivity contribution in [1.82, 2.24) is 4.90 Å². The van der Waals surface area contributed by atoms with E-state index in [1.165, 1.54) is 58.0 Å². The Morgan fingerprint density at radius 3 is 2.31 bits per heavy atom. The molecule has 0 spiro atoms. The Labute approximate surface area is 87.6 Å². The molecule has 0 aromatic heterocycles. The van der Waals surface area contributed by atoms with E-state index in [1.54, 1.807) is 5.70 Å². The summed E-state index contributed by atoms with van der Waals surface area (Å²) in [5.74, 6) is 0. The largest absolute Gasteiger partial charge is 0.375 e. The van der Waals surface area contributed by atoms with Crippen LogP contribution in [0.1, 0.15) is 44.9 Å². The molecule has 0 atom stereocenters. The summed E-state index contributed by atoms with van der Waals surface area (Å²) < 4.78 is 0. The van der Waals surface area contributed by atoms with Crippen LogP contribution in [0.5, 0.6) is 0 Å². The lowest BCUT2D eigenvalue weighted by atomic mass is 10.0. The van der Waals surface area contributed by atoms with Crippen molar-refractivity contribution in [3.63, 3.8) is 0 Å². The smallest absolute Gasteiger partial charge is 0.0174 e. The summed E-state index contributed by atoms with van der Waals surface area (Å²) in [5.41, 5.74) is 1.65. The van der Waals surface area contributed by atoms with Crippen LogP contribution in [0.3, 0.4) is 0 Å². The Hall–Kier alpha value is -0.170. The molecule has 0 unspecified atom stereocenters. The highest BCUT2D eigenvalue weighted by molar-refractivity contribution is 5.85. The Morgan fingerprint density at radius 2 is 1.69 bits per heavy atom. The standard InChI is InChI=1S/C11H19N.ClH/c1-3-7-11(8-4-1)12-9-5-2-6-10-12;/h7H,1-6,8-10H2;1H. The minimum absolute atomic E-state index is 0. The van der Waals surface area contributed by atoms with E-state index in [-0.39, 0.29) is 12.4 Å². The number of hydrogen-bond acceptors (Lipinski definition) is 1. The first-order valence-corrected chi connectivity index (χ1v) is 5.41. The molecule has 1 aliphatic carbocycles. The van der Waals surface area contributed by atoms with Crippen LogP contribution in [-0.2, 0) is 0 Å². The van der Waals surface area contributed by atoms with Gasteiger partial charge in [-0.3, -0.25) is 0 Å². The van der Waals surface area contributed by atoms with Gasteiger partial charge >= 0.3 is 0 Å². The molecule has 0 saturated carbocycles. The fourth-order valence-electron chi connectivity index (χ4n) is 2.29. The van der Waals surface area contributed by atoms with Crippen molar-refractivity contribution in [3.8, 4) is 0 Å². The Morgan fingerprint density at radius 1 is 0.923 bits per heavy atom. The van der Waals surface area contributed by atoms with E-state index in [2.05, 4.69) is 11.0 Å². The Bertz CT molecular complexity index is 171. The van der Waals surface area contributed by atoms with Crippen LogP contribution in [0.2, 0.25) is 0 Å². The van der Waals surface area contributed by atoms with E-state index in [9.17, 15) is 0 Å². The van der Waals surface area contributed by atoms with Gasteiger partial charge in [-0.25, -0.2) is 0 Å². The molecule has 13 heavy (non-hydrogen) atoms. The van der Waals surface area contributed by atoms with Crippen molar-refractivity contribution in [2.24, 2.45) is 0 Å². The maximum atomic E-state index is 2.61. The van der Waals surface area contributed by atoms with Gasteiger partial charge in [0, 0.05) is 18.8 Å². The zero-order chi connectivity index (χ0) is 8.23. The van der Waals surface area contributed by atoms with Crippen LogP contribution in [-0.4, -0.2) is 18.0 Å². The molecule has 1 aliphatic heterocycles. The topological polar surface area (TPSA) is 3.24 Å². The van der Waals surface area contributed by atoms with E-state index in [0.717, 1.165) is 0 Å². The average Bonchev–Trinajstić information content (AvgIpc) is 2.21. The molecule has 1 heterocycles. The van der Waals surface area contributed by atoms with Gasteiger partial charge in [-0.1, -0.05) is 6.08 Å². The summed E-state index contributed by atoms with van der Waals surface area (Å²) in [4.78, 5) is 2.61. The molecule has 0 N–H and O–H groups in total. The summed E-state index contributed by atoms with van der Waals surface area (Å²) in [7, 11) is 0. The van der Waals surface area contributed by atoms with E-state index >= 15 is 0 Å². The molecular weight excluding hydrogens is 182 g/mol. The number of halogens is 1. The fraction of sp³-hybridized carbons (Fsp3) is 0.818. The summed E-state index contributed by atoms with van der Waals surface area (Å²) in [6.45, 7) is 2.65. The van der Waals surface area contributed by atoms with E-state index in [4.69, 9.17) is 0 Å². The second-order valence-corrected chi connectivity index (χ2v) is 3.99. The molecule has 76 valence electrons. The summed E-state index contributed by atoms with van der Waals surface area (Å²) in [6, 6.07) is 0. The van der Waals surface area contributed by atoms with Crippen molar-refractivity contribution >= 4 is 12.4 Å². The van der Waals surface area contributed by atoms with Crippen molar-refractivity contribution < 1.29 is 0 Å². The molecule has 1 nitrogen and oxygen atoms in total. The number of rotatable bonds is 1. The van der Waals surface area contributed by atoms with Crippen molar-refractivity contribution in [1.29, 1.82) is 0 Å². The van der Waals surface area contributed by atoms with Crippen LogP contribution in [0.15, 0.2) is 11.8 Å². The fourth-order valence-corrected chi connectivity index (χ4v) is 2.29. The maximum absolute atomic E-state index is 2.61. The summed E-state index contributed by atoms with van der Waals surface area (Å²) >= 11 is 0. The highest BCUT2D eigenvalue weighted by Crippen LogP contribution is 2.23. The second-order valence-electron chi connectivity index (χ2n) is 3.99. The highest BCUT2D eigenvalue weighted by Gasteiger charge is 2.14. The first-order chi connectivity index (χ1) is 5.97. The van der Waals surface area contributed by atoms with E-state index in [0.29, 0.717) is 0 Å². The third-order valence-corrected chi connectivity index (χ3v) is 3.03. The molecular formula is C11H20ClN. The molecule has 2 heteroatoms. The van der Waals surface area contributed by atoms with E-state index < -0.39 is 0 Å². The zero-order valence-electron chi connectivity index (χ0n) is 8.30. The first kappa shape index (κ1) is 10.9. The van der Waals surface area contributed by atoms with Crippen LogP contribution in [0.25, 0.3) is 0 Å². The zero-order valence-corrected chi connectivity index (χ0v) is 9.11. The number of nitrogens with zero attached hydrogens (tertiary/aromatic N) is 1. The van der Waals surface area contributed by atoms with Crippen molar-refractivity contribution in [2.45, 2.75) is 44.9 Å². The molecule has 1 fully saturated rings. The predicted molar refractivity (Wildman–Crippen MR) is 59.2 cm³/mol. The number of allylic oxidation sites excluding steroid dienone is 2. The molecule has 2 aliphatic rings. The Kier molecular flexibility index (Phi) is 4.65. The third kappa shape index (κ3) is 2.91. The highest BCUT2D eigenvalue weighted by atomic mass is 35.5. The predicted octanol–water partition coefficient (Wildman–Crippen LogP) is 3.35. The van der Waals surface area contributed by atoms with Crippen LogP contribution >= 0.6 is 12.4 Å². The monoisotopic (exact) mass is 201 g/mol. The van der Waals surface area contributed by atoms with E-state index in [1.807, 2.05) is 0 Å². The van der Waals surface area contributed by atoms with Crippen molar-refractivity contribution in [2.75, 3.05) is 13.1 Å². The van der Waals surface area contributed by atoms with Crippen LogP contribution in [0.4, 0.5) is 0 Å². The molecule has 2 rings (SSSR count). The first-order valence-electron chi connectivity index (χ1n) is 5.41. The SMILES string of the molecule is C1=C(N2CCCCC2)CCCC1.Cl. The lowest BCUT2D eigenvalue weighted by Crippen LogP contribution is -2.29. The Balaban J connectivity index is 0.000000845. The van der Waals surface area contributed by atoms with Gasteiger partial charge in [0.15, 0.2) is 0 Å². The van der Waals surface area contributed by atoms with Gasteiger partial charge in [0.1, 0.15) is 0 Å². The minimum Gasteiger partial charge on any atom is -0.375 e.